The summed E-state index contributed by atoms with van der Waals surface area (Å²) in [6, 6.07) is 23.1. The molecule has 1 aromatic heterocycles. The van der Waals surface area contributed by atoms with E-state index >= 15 is 0 Å². The summed E-state index contributed by atoms with van der Waals surface area (Å²) < 4.78 is 33.6. The highest BCUT2D eigenvalue weighted by Crippen LogP contribution is 2.27. The number of hydrogen-bond acceptors (Lipinski definition) is 6. The van der Waals surface area contributed by atoms with Crippen molar-refractivity contribution in [2.75, 3.05) is 6.61 Å². The molecule has 38 heavy (non-hydrogen) atoms. The molecule has 5 rings (SSSR count). The van der Waals surface area contributed by atoms with E-state index in [1.165, 1.54) is 18.2 Å². The van der Waals surface area contributed by atoms with Crippen molar-refractivity contribution in [3.05, 3.63) is 108 Å². The lowest BCUT2D eigenvalue weighted by atomic mass is 10.1. The lowest BCUT2D eigenvalue weighted by molar-refractivity contribution is -0.198. The fourth-order valence-electron chi connectivity index (χ4n) is 4.27. The molecule has 2 heterocycles. The minimum atomic E-state index is -4.03. The smallest absolute Gasteiger partial charge is 0.268 e. The van der Waals surface area contributed by atoms with Crippen molar-refractivity contribution >= 4 is 38.7 Å². The molecule has 1 aliphatic rings. The van der Waals surface area contributed by atoms with Crippen LogP contribution in [0.3, 0.4) is 0 Å². The molecular weight excluding hydrogens is 504 g/mol. The van der Waals surface area contributed by atoms with Crippen LogP contribution < -0.4 is 5.48 Å². The van der Waals surface area contributed by atoms with Gasteiger partial charge in [0.2, 0.25) is 5.78 Å². The summed E-state index contributed by atoms with van der Waals surface area (Å²) >= 11 is 0. The zero-order chi connectivity index (χ0) is 26.5. The topological polar surface area (TPSA) is 104 Å². The van der Waals surface area contributed by atoms with Crippen molar-refractivity contribution in [1.29, 1.82) is 0 Å². The van der Waals surface area contributed by atoms with E-state index in [-0.39, 0.29) is 10.6 Å². The first-order valence-electron chi connectivity index (χ1n) is 12.2. The van der Waals surface area contributed by atoms with E-state index in [0.717, 1.165) is 23.2 Å². The number of nitrogens with zero attached hydrogens (tertiary/aromatic N) is 1. The maximum absolute atomic E-state index is 13.6. The van der Waals surface area contributed by atoms with Crippen LogP contribution in [0.15, 0.2) is 95.9 Å². The number of hydrogen-bond donors (Lipinski definition) is 1. The molecular formula is C29H26N2O6S. The van der Waals surface area contributed by atoms with Gasteiger partial charge in [0, 0.05) is 30.1 Å². The van der Waals surface area contributed by atoms with Crippen LogP contribution in [0.2, 0.25) is 0 Å². The number of carbonyl (C=O) groups excluding carboxylic acids is 2. The molecule has 9 heteroatoms. The number of fused-ring (bicyclic) bond motifs is 1. The summed E-state index contributed by atoms with van der Waals surface area (Å²) in [4.78, 5) is 30.9. The first kappa shape index (κ1) is 25.6. The maximum atomic E-state index is 13.6. The Labute approximate surface area is 220 Å². The highest BCUT2D eigenvalue weighted by molar-refractivity contribution is 7.90. The van der Waals surface area contributed by atoms with Gasteiger partial charge in [-0.15, -0.1) is 0 Å². The molecule has 1 aliphatic heterocycles. The highest BCUT2D eigenvalue weighted by atomic mass is 32.2. The van der Waals surface area contributed by atoms with Gasteiger partial charge in [-0.25, -0.2) is 22.7 Å². The first-order valence-corrected chi connectivity index (χ1v) is 13.7. The monoisotopic (exact) mass is 530 g/mol. The zero-order valence-electron chi connectivity index (χ0n) is 20.4. The highest BCUT2D eigenvalue weighted by Gasteiger charge is 2.26. The summed E-state index contributed by atoms with van der Waals surface area (Å²) in [6.07, 6.45) is 5.17. The molecule has 3 aromatic carbocycles. The largest absolute Gasteiger partial charge is 0.350 e. The van der Waals surface area contributed by atoms with E-state index in [0.29, 0.717) is 28.6 Å². The van der Waals surface area contributed by atoms with E-state index in [1.807, 2.05) is 0 Å². The second-order valence-electron chi connectivity index (χ2n) is 8.84. The van der Waals surface area contributed by atoms with E-state index < -0.39 is 28.0 Å². The van der Waals surface area contributed by atoms with Crippen molar-refractivity contribution in [1.82, 2.24) is 9.45 Å². The third kappa shape index (κ3) is 5.45. The van der Waals surface area contributed by atoms with E-state index in [2.05, 4.69) is 5.48 Å². The molecule has 8 nitrogen and oxygen atoms in total. The molecule has 1 N–H and O–H groups in total. The third-order valence-corrected chi connectivity index (χ3v) is 7.95. The van der Waals surface area contributed by atoms with Crippen LogP contribution in [0.25, 0.3) is 17.0 Å². The normalized spacial score (nSPS) is 16.1. The van der Waals surface area contributed by atoms with Gasteiger partial charge in [0.25, 0.3) is 15.9 Å². The molecule has 4 aromatic rings. The number of hydroxylamine groups is 1. The number of para-hydroxylation sites is 1. The van der Waals surface area contributed by atoms with Crippen LogP contribution in [0, 0.1) is 0 Å². The molecule has 0 spiro atoms. The van der Waals surface area contributed by atoms with Gasteiger partial charge in [-0.2, -0.15) is 0 Å². The Morgan fingerprint density at radius 1 is 0.947 bits per heavy atom. The predicted molar refractivity (Wildman–Crippen MR) is 143 cm³/mol. The maximum Gasteiger partial charge on any atom is 0.268 e. The van der Waals surface area contributed by atoms with Crippen LogP contribution in [0.1, 0.15) is 40.9 Å². The summed E-state index contributed by atoms with van der Waals surface area (Å²) in [7, 11) is -4.03. The van der Waals surface area contributed by atoms with Crippen LogP contribution in [0.5, 0.6) is 0 Å². The number of nitrogens with one attached hydrogen (secondary N) is 1. The van der Waals surface area contributed by atoms with Crippen molar-refractivity contribution in [2.24, 2.45) is 0 Å². The Kier molecular flexibility index (Phi) is 7.50. The molecule has 1 amide bonds. The van der Waals surface area contributed by atoms with Gasteiger partial charge in [-0.05, 0) is 48.7 Å². The van der Waals surface area contributed by atoms with Crippen molar-refractivity contribution in [2.45, 2.75) is 30.4 Å². The number of carbonyl (C=O) groups is 2. The standard InChI is InChI=1S/C29H26N2O6S/c32-27(30-37-28-12-6-7-19-36-28)18-15-21-13-16-22(17-14-21)29(33)26-20-23-8-4-5-11-25(23)31(26)38(34,35)24-9-2-1-3-10-24/h1-5,8-11,13-18,20,28H,6-7,12,19H2,(H,30,32)/b18-15+. The third-order valence-electron chi connectivity index (χ3n) is 6.21. The number of aromatic nitrogens is 1. The Hall–Kier alpha value is -4.05. The molecule has 1 saturated heterocycles. The van der Waals surface area contributed by atoms with Gasteiger partial charge >= 0.3 is 0 Å². The molecule has 0 bridgehead atoms. The van der Waals surface area contributed by atoms with Crippen LogP contribution in [0.4, 0.5) is 0 Å². The minimum absolute atomic E-state index is 0.0415. The van der Waals surface area contributed by atoms with Crippen molar-refractivity contribution < 1.29 is 27.6 Å². The Bertz CT molecular complexity index is 1590. The number of benzene rings is 3. The number of ketones is 1. The SMILES string of the molecule is O=C(/C=C/c1ccc(C(=O)c2cc3ccccc3n2S(=O)(=O)c2ccccc2)cc1)NOC1CCCCO1. The number of ether oxygens (including phenoxy) is 1. The Morgan fingerprint density at radius 2 is 1.68 bits per heavy atom. The number of rotatable bonds is 8. The zero-order valence-corrected chi connectivity index (χ0v) is 21.3. The Morgan fingerprint density at radius 3 is 2.42 bits per heavy atom. The molecule has 194 valence electrons. The second-order valence-corrected chi connectivity index (χ2v) is 10.6. The fourth-order valence-corrected chi connectivity index (χ4v) is 5.80. The van der Waals surface area contributed by atoms with Gasteiger partial charge in [0.15, 0.2) is 6.29 Å². The Balaban J connectivity index is 1.36. The summed E-state index contributed by atoms with van der Waals surface area (Å²) in [6.45, 7) is 0.611. The molecule has 0 saturated carbocycles. The lowest BCUT2D eigenvalue weighted by Gasteiger charge is -2.21. The fraction of sp³-hybridized carbons (Fsp3) is 0.172. The van der Waals surface area contributed by atoms with Gasteiger partial charge < -0.3 is 4.74 Å². The molecule has 1 fully saturated rings. The van der Waals surface area contributed by atoms with E-state index in [9.17, 15) is 18.0 Å². The first-order chi connectivity index (χ1) is 18.4. The van der Waals surface area contributed by atoms with Crippen molar-refractivity contribution in [3.63, 3.8) is 0 Å². The molecule has 0 aliphatic carbocycles. The van der Waals surface area contributed by atoms with Crippen LogP contribution in [-0.2, 0) is 24.4 Å². The van der Waals surface area contributed by atoms with E-state index in [4.69, 9.17) is 9.57 Å². The molecule has 1 atom stereocenters. The summed E-state index contributed by atoms with van der Waals surface area (Å²) in [5.74, 6) is -0.871. The quantitative estimate of drug-likeness (QED) is 0.201. The van der Waals surface area contributed by atoms with Gasteiger partial charge in [0.1, 0.15) is 5.69 Å². The van der Waals surface area contributed by atoms with Crippen LogP contribution >= 0.6 is 0 Å². The lowest BCUT2D eigenvalue weighted by Crippen LogP contribution is -2.32. The van der Waals surface area contributed by atoms with Crippen LogP contribution in [-0.4, -0.2) is 37.0 Å². The van der Waals surface area contributed by atoms with Gasteiger partial charge in [-0.3, -0.25) is 9.59 Å². The molecule has 0 radical (unpaired) electrons. The summed E-state index contributed by atoms with van der Waals surface area (Å²) in [5, 5.41) is 0.641. The van der Waals surface area contributed by atoms with Crippen molar-refractivity contribution in [3.8, 4) is 0 Å². The van der Waals surface area contributed by atoms with Gasteiger partial charge in [-0.1, -0.05) is 60.7 Å². The average molecular weight is 531 g/mol. The second kappa shape index (κ2) is 11.1. The summed E-state index contributed by atoms with van der Waals surface area (Å²) in [5.41, 5.74) is 3.82. The average Bonchev–Trinajstić information content (AvgIpc) is 3.36. The number of amides is 1. The van der Waals surface area contributed by atoms with Gasteiger partial charge in [0.05, 0.1) is 10.4 Å². The van der Waals surface area contributed by atoms with E-state index in [1.54, 1.807) is 78.9 Å². The predicted octanol–water partition coefficient (Wildman–Crippen LogP) is 4.70. The minimum Gasteiger partial charge on any atom is -0.350 e. The molecule has 1 unspecified atom stereocenters.